The maximum atomic E-state index is 14.7. The van der Waals surface area contributed by atoms with E-state index in [2.05, 4.69) is 5.32 Å². The Labute approximate surface area is 277 Å². The van der Waals surface area contributed by atoms with Crippen molar-refractivity contribution in [2.75, 3.05) is 10.8 Å². The summed E-state index contributed by atoms with van der Waals surface area (Å²) in [4.78, 5) is 30.4. The van der Waals surface area contributed by atoms with Crippen molar-refractivity contribution in [1.29, 1.82) is 0 Å². The third kappa shape index (κ3) is 8.17. The fourth-order valence-electron chi connectivity index (χ4n) is 5.98. The van der Waals surface area contributed by atoms with E-state index in [1.165, 1.54) is 17.0 Å². The number of hydrogen-bond donors (Lipinski definition) is 1. The van der Waals surface area contributed by atoms with Crippen LogP contribution in [0.15, 0.2) is 114 Å². The second-order valence-corrected chi connectivity index (χ2v) is 14.0. The minimum absolute atomic E-state index is 0.0266. The second kappa shape index (κ2) is 15.4. The summed E-state index contributed by atoms with van der Waals surface area (Å²) in [5.41, 5.74) is 2.64. The number of sulfonamides is 1. The van der Waals surface area contributed by atoms with Gasteiger partial charge in [-0.05, 0) is 60.7 Å². The predicted octanol–water partition coefficient (Wildman–Crippen LogP) is 6.93. The highest BCUT2D eigenvalue weighted by atomic mass is 35.5. The number of anilines is 1. The van der Waals surface area contributed by atoms with Crippen molar-refractivity contribution in [3.63, 3.8) is 0 Å². The Morgan fingerprint density at radius 1 is 0.826 bits per heavy atom. The van der Waals surface area contributed by atoms with Gasteiger partial charge in [0.25, 0.3) is 10.0 Å². The molecular weight excluding hydrogens is 618 g/mol. The summed E-state index contributed by atoms with van der Waals surface area (Å²) in [5.74, 6) is -0.771. The number of rotatable bonds is 12. The van der Waals surface area contributed by atoms with E-state index in [0.29, 0.717) is 21.8 Å². The molecule has 1 unspecified atom stereocenters. The Kier molecular flexibility index (Phi) is 11.1. The second-order valence-electron chi connectivity index (χ2n) is 11.8. The zero-order chi connectivity index (χ0) is 32.5. The van der Waals surface area contributed by atoms with Crippen molar-refractivity contribution in [1.82, 2.24) is 10.2 Å². The van der Waals surface area contributed by atoms with Crippen LogP contribution >= 0.6 is 11.6 Å². The molecule has 2 amide bonds. The first kappa shape index (κ1) is 33.2. The van der Waals surface area contributed by atoms with Crippen LogP contribution in [0.3, 0.4) is 0 Å². The maximum absolute atomic E-state index is 14.7. The van der Waals surface area contributed by atoms with Gasteiger partial charge in [0, 0.05) is 24.0 Å². The number of nitrogens with zero attached hydrogens (tertiary/aromatic N) is 2. The van der Waals surface area contributed by atoms with Crippen LogP contribution in [0.1, 0.15) is 48.8 Å². The lowest BCUT2D eigenvalue weighted by Gasteiger charge is -2.35. The van der Waals surface area contributed by atoms with Crippen LogP contribution in [0.25, 0.3) is 0 Å². The van der Waals surface area contributed by atoms with Gasteiger partial charge in [0.1, 0.15) is 12.6 Å². The SMILES string of the molecule is Cc1ccccc1N(CC(=O)N(Cc1ccccc1Cl)C(Cc1ccccc1)C(=O)NC1CCCCC1)S(=O)(=O)c1ccccc1. The standard InChI is InChI=1S/C37H40ClN3O4S/c1-28-15-11-14-24-34(28)41(46(44,45)32-21-9-4-10-22-32)27-36(42)40(26-30-18-12-13-23-33(30)38)35(25-29-16-5-2-6-17-29)37(43)39-31-19-7-3-8-20-31/h2,4-6,9-18,21-24,31,35H,3,7-8,19-20,25-27H2,1H3,(H,39,43). The van der Waals surface area contributed by atoms with Gasteiger partial charge >= 0.3 is 0 Å². The Morgan fingerprint density at radius 2 is 1.43 bits per heavy atom. The topological polar surface area (TPSA) is 86.8 Å². The molecule has 0 aliphatic heterocycles. The van der Waals surface area contributed by atoms with Gasteiger partial charge in [-0.1, -0.05) is 116 Å². The molecule has 9 heteroatoms. The fraction of sp³-hybridized carbons (Fsp3) is 0.297. The molecule has 4 aromatic carbocycles. The van der Waals surface area contributed by atoms with Crippen LogP contribution in [0.5, 0.6) is 0 Å². The number of aryl methyl sites for hydroxylation is 1. The summed E-state index contributed by atoms with van der Waals surface area (Å²) in [7, 11) is -4.15. The van der Waals surface area contributed by atoms with Gasteiger partial charge < -0.3 is 10.2 Å². The molecule has 1 fully saturated rings. The normalized spacial score (nSPS) is 14.3. The number of carbonyl (C=O) groups excluding carboxylic acids is 2. The van der Waals surface area contributed by atoms with Gasteiger partial charge in [-0.2, -0.15) is 0 Å². The highest BCUT2D eigenvalue weighted by molar-refractivity contribution is 7.92. The molecular formula is C37H40ClN3O4S. The molecule has 5 rings (SSSR count). The highest BCUT2D eigenvalue weighted by Crippen LogP contribution is 2.28. The van der Waals surface area contributed by atoms with Gasteiger partial charge in [0.2, 0.25) is 11.8 Å². The first-order chi connectivity index (χ1) is 22.2. The largest absolute Gasteiger partial charge is 0.352 e. The Balaban J connectivity index is 1.57. The number of nitrogens with one attached hydrogen (secondary N) is 1. The number of amides is 2. The minimum Gasteiger partial charge on any atom is -0.352 e. The smallest absolute Gasteiger partial charge is 0.264 e. The average Bonchev–Trinajstić information content (AvgIpc) is 3.07. The molecule has 1 aliphatic carbocycles. The third-order valence-corrected chi connectivity index (χ3v) is 10.7. The van der Waals surface area contributed by atoms with Gasteiger partial charge in [0.05, 0.1) is 10.6 Å². The van der Waals surface area contributed by atoms with Crippen molar-refractivity contribution in [3.05, 3.63) is 131 Å². The summed E-state index contributed by atoms with van der Waals surface area (Å²) in [6.45, 7) is 1.33. The van der Waals surface area contributed by atoms with E-state index in [4.69, 9.17) is 11.6 Å². The number of para-hydroxylation sites is 1. The Hall–Kier alpha value is -4.14. The van der Waals surface area contributed by atoms with Gasteiger partial charge in [-0.3, -0.25) is 13.9 Å². The van der Waals surface area contributed by atoms with Crippen LogP contribution < -0.4 is 9.62 Å². The first-order valence-corrected chi connectivity index (χ1v) is 17.6. The van der Waals surface area contributed by atoms with Crippen molar-refractivity contribution < 1.29 is 18.0 Å². The van der Waals surface area contributed by atoms with Crippen LogP contribution in [0.2, 0.25) is 5.02 Å². The summed E-state index contributed by atoms with van der Waals surface area (Å²) in [5, 5.41) is 3.69. The Morgan fingerprint density at radius 3 is 2.11 bits per heavy atom. The molecule has 4 aromatic rings. The summed E-state index contributed by atoms with van der Waals surface area (Å²) in [6.07, 6.45) is 5.25. The van der Waals surface area contributed by atoms with Gasteiger partial charge in [-0.25, -0.2) is 8.42 Å². The summed E-state index contributed by atoms with van der Waals surface area (Å²) in [6, 6.07) is 31.0. The predicted molar refractivity (Wildman–Crippen MR) is 183 cm³/mol. The molecule has 0 aromatic heterocycles. The van der Waals surface area contributed by atoms with E-state index < -0.39 is 28.5 Å². The molecule has 0 bridgehead atoms. The number of hydrogen-bond acceptors (Lipinski definition) is 4. The van der Waals surface area contributed by atoms with E-state index in [9.17, 15) is 18.0 Å². The molecule has 1 aliphatic rings. The van der Waals surface area contributed by atoms with Crippen molar-refractivity contribution in [2.45, 2.75) is 69.0 Å². The molecule has 0 spiro atoms. The summed E-state index contributed by atoms with van der Waals surface area (Å²) < 4.78 is 29.5. The first-order valence-electron chi connectivity index (χ1n) is 15.7. The van der Waals surface area contributed by atoms with Crippen molar-refractivity contribution in [2.24, 2.45) is 0 Å². The van der Waals surface area contributed by atoms with E-state index in [1.54, 1.807) is 36.4 Å². The summed E-state index contributed by atoms with van der Waals surface area (Å²) >= 11 is 6.60. The number of benzene rings is 4. The molecule has 1 atom stereocenters. The average molecular weight is 658 g/mol. The fourth-order valence-corrected chi connectivity index (χ4v) is 7.68. The van der Waals surface area contributed by atoms with E-state index in [1.807, 2.05) is 67.6 Å². The molecule has 1 N–H and O–H groups in total. The number of carbonyl (C=O) groups is 2. The van der Waals surface area contributed by atoms with Crippen molar-refractivity contribution in [3.8, 4) is 0 Å². The highest BCUT2D eigenvalue weighted by Gasteiger charge is 2.36. The molecule has 0 radical (unpaired) electrons. The lowest BCUT2D eigenvalue weighted by atomic mass is 9.94. The van der Waals surface area contributed by atoms with E-state index in [-0.39, 0.29) is 29.8 Å². The van der Waals surface area contributed by atoms with Gasteiger partial charge in [-0.15, -0.1) is 0 Å². The monoisotopic (exact) mass is 657 g/mol. The molecule has 0 heterocycles. The molecule has 7 nitrogen and oxygen atoms in total. The zero-order valence-electron chi connectivity index (χ0n) is 26.0. The van der Waals surface area contributed by atoms with Crippen LogP contribution in [0.4, 0.5) is 5.69 Å². The number of halogens is 1. The maximum Gasteiger partial charge on any atom is 0.264 e. The van der Waals surface area contributed by atoms with Crippen molar-refractivity contribution >= 4 is 39.1 Å². The Bertz CT molecular complexity index is 1730. The van der Waals surface area contributed by atoms with Gasteiger partial charge in [0.15, 0.2) is 0 Å². The van der Waals surface area contributed by atoms with Crippen LogP contribution in [0, 0.1) is 6.92 Å². The quantitative estimate of drug-likeness (QED) is 0.179. The minimum atomic E-state index is -4.15. The van der Waals surface area contributed by atoms with E-state index in [0.717, 1.165) is 42.0 Å². The third-order valence-electron chi connectivity index (χ3n) is 8.52. The lowest BCUT2D eigenvalue weighted by molar-refractivity contribution is -0.140. The molecule has 240 valence electrons. The lowest BCUT2D eigenvalue weighted by Crippen LogP contribution is -2.55. The zero-order valence-corrected chi connectivity index (χ0v) is 27.6. The van der Waals surface area contributed by atoms with E-state index >= 15 is 0 Å². The van der Waals surface area contributed by atoms with Crippen LogP contribution in [-0.2, 0) is 32.6 Å². The van der Waals surface area contributed by atoms with Crippen LogP contribution in [-0.4, -0.2) is 43.8 Å². The molecule has 1 saturated carbocycles. The molecule has 0 saturated heterocycles. The molecule has 46 heavy (non-hydrogen) atoms.